The molecule has 0 bridgehead atoms. The highest BCUT2D eigenvalue weighted by molar-refractivity contribution is 5.32. The number of unbranched alkanes of at least 4 members (excludes halogenated alkanes) is 10. The molecule has 0 aliphatic rings. The van der Waals surface area contributed by atoms with Crippen LogP contribution in [-0.2, 0) is 18.4 Å². The second-order valence-electron chi connectivity index (χ2n) is 11.4. The summed E-state index contributed by atoms with van der Waals surface area (Å²) in [4.78, 5) is 3.74. The van der Waals surface area contributed by atoms with Crippen molar-refractivity contribution in [3.05, 3.63) is 90.0 Å². The molecule has 2 unspecified atom stereocenters. The summed E-state index contributed by atoms with van der Waals surface area (Å²) in [5.74, 6) is 1.85. The number of nitrogens with zero attached hydrogens (tertiary/aromatic N) is 1. The molecule has 2 aromatic carbocycles. The minimum atomic E-state index is 0.0153. The summed E-state index contributed by atoms with van der Waals surface area (Å²) in [5, 5.41) is 0. The number of aromatic nitrogens is 2. The van der Waals surface area contributed by atoms with Gasteiger partial charge in [-0.2, -0.15) is 0 Å². The average Bonchev–Trinajstić information content (AvgIpc) is 3.39. The molecule has 0 aliphatic heterocycles. The minimum Gasteiger partial charge on any atom is -0.247 e. The van der Waals surface area contributed by atoms with E-state index in [1.165, 1.54) is 100 Å². The fourth-order valence-electron chi connectivity index (χ4n) is 6.09. The minimum absolute atomic E-state index is 0.0153. The van der Waals surface area contributed by atoms with E-state index in [4.69, 9.17) is 0 Å². The average molecular weight is 502 g/mol. The SMILES string of the molecule is CCCCCCCCCCC[n+]1cc[nH]c1C(CCCCC)C(C)(Cc1ccccc1)c1ccccc1. The number of nitrogens with one attached hydrogen (secondary N) is 1. The van der Waals surface area contributed by atoms with E-state index in [2.05, 4.69) is 103 Å². The van der Waals surface area contributed by atoms with E-state index in [9.17, 15) is 0 Å². The predicted molar refractivity (Wildman–Crippen MR) is 159 cm³/mol. The van der Waals surface area contributed by atoms with Crippen LogP contribution >= 0.6 is 0 Å². The molecule has 2 heteroatoms. The fourth-order valence-corrected chi connectivity index (χ4v) is 6.09. The maximum absolute atomic E-state index is 3.74. The molecule has 1 heterocycles. The quantitative estimate of drug-likeness (QED) is 0.125. The van der Waals surface area contributed by atoms with Crippen molar-refractivity contribution in [1.29, 1.82) is 0 Å². The van der Waals surface area contributed by atoms with Crippen LogP contribution in [0.4, 0.5) is 0 Å². The number of rotatable bonds is 19. The highest BCUT2D eigenvalue weighted by atomic mass is 15.1. The van der Waals surface area contributed by atoms with Crippen molar-refractivity contribution in [2.24, 2.45) is 0 Å². The molecule has 2 atom stereocenters. The van der Waals surface area contributed by atoms with E-state index < -0.39 is 0 Å². The predicted octanol–water partition coefficient (Wildman–Crippen LogP) is 9.70. The van der Waals surface area contributed by atoms with Gasteiger partial charge in [-0.3, -0.25) is 0 Å². The lowest BCUT2D eigenvalue weighted by atomic mass is 9.66. The first-order chi connectivity index (χ1) is 18.2. The highest BCUT2D eigenvalue weighted by Crippen LogP contribution is 2.43. The summed E-state index contributed by atoms with van der Waals surface area (Å²) in [6.07, 6.45) is 22.9. The van der Waals surface area contributed by atoms with E-state index in [-0.39, 0.29) is 5.41 Å². The molecule has 0 saturated heterocycles. The van der Waals surface area contributed by atoms with Gasteiger partial charge < -0.3 is 0 Å². The van der Waals surface area contributed by atoms with Gasteiger partial charge in [0.2, 0.25) is 0 Å². The van der Waals surface area contributed by atoms with Crippen molar-refractivity contribution in [3.8, 4) is 0 Å². The monoisotopic (exact) mass is 501 g/mol. The van der Waals surface area contributed by atoms with Crippen molar-refractivity contribution < 1.29 is 4.57 Å². The van der Waals surface area contributed by atoms with Crippen LogP contribution in [0.1, 0.15) is 127 Å². The molecule has 202 valence electrons. The number of hydrogen-bond acceptors (Lipinski definition) is 0. The second kappa shape index (κ2) is 16.5. The third-order valence-corrected chi connectivity index (χ3v) is 8.34. The van der Waals surface area contributed by atoms with E-state index in [0.29, 0.717) is 5.92 Å². The number of imidazole rings is 1. The topological polar surface area (TPSA) is 19.7 Å². The van der Waals surface area contributed by atoms with E-state index in [1.54, 1.807) is 0 Å². The van der Waals surface area contributed by atoms with E-state index in [1.807, 2.05) is 0 Å². The Morgan fingerprint density at radius 1 is 0.703 bits per heavy atom. The fraction of sp³-hybridized carbons (Fsp3) is 0.571. The number of benzene rings is 2. The van der Waals surface area contributed by atoms with Crippen molar-refractivity contribution in [2.45, 2.75) is 129 Å². The van der Waals surface area contributed by atoms with Gasteiger partial charge in [-0.25, -0.2) is 9.55 Å². The van der Waals surface area contributed by atoms with Gasteiger partial charge in [0.25, 0.3) is 5.82 Å². The summed E-state index contributed by atoms with van der Waals surface area (Å²) in [6, 6.07) is 22.4. The number of H-pyrrole nitrogens is 1. The molecule has 0 aliphatic carbocycles. The standard InChI is InChI=1S/C35H52N2/c1-4-6-8-9-10-11-12-13-21-28-37-29-27-36-34(37)33(26-16-7-5-2)35(3,32-24-19-15-20-25-32)30-31-22-17-14-18-23-31/h14-15,17-20,22-25,27,29,33H,4-13,16,21,26,28,30H2,1-3H3/p+1. The van der Waals surface area contributed by atoms with Gasteiger partial charge in [0.15, 0.2) is 0 Å². The molecular weight excluding hydrogens is 448 g/mol. The van der Waals surface area contributed by atoms with Gasteiger partial charge in [0.05, 0.1) is 12.5 Å². The Bertz CT molecular complexity index is 961. The molecule has 2 nitrogen and oxygen atoms in total. The lowest BCUT2D eigenvalue weighted by Gasteiger charge is -2.37. The van der Waals surface area contributed by atoms with Crippen molar-refractivity contribution in [1.82, 2.24) is 4.98 Å². The van der Waals surface area contributed by atoms with Crippen molar-refractivity contribution in [3.63, 3.8) is 0 Å². The summed E-state index contributed by atoms with van der Waals surface area (Å²) in [6.45, 7) is 8.24. The van der Waals surface area contributed by atoms with Crippen LogP contribution < -0.4 is 4.57 Å². The Labute approximate surface area is 227 Å². The molecule has 3 rings (SSSR count). The summed E-state index contributed by atoms with van der Waals surface area (Å²) < 4.78 is 2.55. The summed E-state index contributed by atoms with van der Waals surface area (Å²) in [7, 11) is 0. The Balaban J connectivity index is 1.76. The summed E-state index contributed by atoms with van der Waals surface area (Å²) in [5.41, 5.74) is 2.89. The Kier molecular flexibility index (Phi) is 13.0. The van der Waals surface area contributed by atoms with Gasteiger partial charge >= 0.3 is 0 Å². The molecule has 1 aromatic heterocycles. The highest BCUT2D eigenvalue weighted by Gasteiger charge is 2.41. The van der Waals surface area contributed by atoms with Crippen LogP contribution in [0.3, 0.4) is 0 Å². The van der Waals surface area contributed by atoms with Gasteiger partial charge in [0.1, 0.15) is 12.4 Å². The third kappa shape index (κ3) is 9.16. The number of aromatic amines is 1. The Hall–Kier alpha value is -2.35. The molecule has 3 aromatic rings. The lowest BCUT2D eigenvalue weighted by Crippen LogP contribution is -2.43. The van der Waals surface area contributed by atoms with Gasteiger partial charge in [-0.05, 0) is 36.8 Å². The first-order valence-electron chi connectivity index (χ1n) is 15.3. The second-order valence-corrected chi connectivity index (χ2v) is 11.4. The third-order valence-electron chi connectivity index (χ3n) is 8.34. The van der Waals surface area contributed by atoms with E-state index >= 15 is 0 Å². The van der Waals surface area contributed by atoms with Crippen molar-refractivity contribution >= 4 is 0 Å². The van der Waals surface area contributed by atoms with Gasteiger partial charge in [-0.15, -0.1) is 0 Å². The van der Waals surface area contributed by atoms with Gasteiger partial charge in [0, 0.05) is 5.41 Å². The smallest absolute Gasteiger partial charge is 0.247 e. The largest absolute Gasteiger partial charge is 0.258 e. The number of aryl methyl sites for hydroxylation is 1. The van der Waals surface area contributed by atoms with Crippen LogP contribution in [0.2, 0.25) is 0 Å². The zero-order chi connectivity index (χ0) is 26.2. The molecule has 1 N–H and O–H groups in total. The lowest BCUT2D eigenvalue weighted by molar-refractivity contribution is -0.705. The van der Waals surface area contributed by atoms with Crippen molar-refractivity contribution in [2.75, 3.05) is 0 Å². The molecule has 0 spiro atoms. The normalized spacial score (nSPS) is 13.9. The van der Waals surface area contributed by atoms with Gasteiger partial charge in [-0.1, -0.05) is 146 Å². The number of hydrogen-bond donors (Lipinski definition) is 1. The first-order valence-corrected chi connectivity index (χ1v) is 15.3. The van der Waals surface area contributed by atoms with E-state index in [0.717, 1.165) is 13.0 Å². The molecule has 0 fully saturated rings. The van der Waals surface area contributed by atoms with Crippen LogP contribution in [0.25, 0.3) is 0 Å². The maximum atomic E-state index is 3.74. The van der Waals surface area contributed by atoms with Crippen LogP contribution in [0, 0.1) is 0 Å². The molecular formula is C35H53N2+. The zero-order valence-corrected chi connectivity index (χ0v) is 24.1. The molecule has 0 amide bonds. The Morgan fingerprint density at radius 3 is 1.92 bits per heavy atom. The molecule has 0 saturated carbocycles. The van der Waals surface area contributed by atoms with Crippen LogP contribution in [-0.4, -0.2) is 4.98 Å². The summed E-state index contributed by atoms with van der Waals surface area (Å²) >= 11 is 0. The van der Waals surface area contributed by atoms with Crippen LogP contribution in [0.5, 0.6) is 0 Å². The molecule has 37 heavy (non-hydrogen) atoms. The zero-order valence-electron chi connectivity index (χ0n) is 24.1. The Morgan fingerprint density at radius 2 is 1.27 bits per heavy atom. The maximum Gasteiger partial charge on any atom is 0.258 e. The van der Waals surface area contributed by atoms with Crippen LogP contribution in [0.15, 0.2) is 73.1 Å². The molecule has 0 radical (unpaired) electrons. The first kappa shape index (κ1) is 29.2.